The summed E-state index contributed by atoms with van der Waals surface area (Å²) in [5.41, 5.74) is 1.69. The molecule has 0 aromatic heterocycles. The van der Waals surface area contributed by atoms with Crippen molar-refractivity contribution in [2.24, 2.45) is 0 Å². The van der Waals surface area contributed by atoms with Gasteiger partial charge >= 0.3 is 0 Å². The van der Waals surface area contributed by atoms with Crippen LogP contribution in [0.25, 0.3) is 0 Å². The average Bonchev–Trinajstić information content (AvgIpc) is 2.46. The lowest BCUT2D eigenvalue weighted by Crippen LogP contribution is -2.51. The lowest BCUT2D eigenvalue weighted by Gasteiger charge is -2.46. The van der Waals surface area contributed by atoms with Crippen molar-refractivity contribution in [3.05, 3.63) is 35.9 Å². The summed E-state index contributed by atoms with van der Waals surface area (Å²) in [7, 11) is 6.46. The minimum Gasteiger partial charge on any atom is -0.318 e. The second-order valence-electron chi connectivity index (χ2n) is 5.74. The van der Waals surface area contributed by atoms with Crippen molar-refractivity contribution in [1.29, 1.82) is 0 Å². The summed E-state index contributed by atoms with van der Waals surface area (Å²) >= 11 is 0. The number of hydrogen-bond donors (Lipinski definition) is 1. The van der Waals surface area contributed by atoms with E-state index >= 15 is 0 Å². The standard InChI is InChI=1S/C16H27N3/c1-17-11-14-19-12-9-16(10-13-19,18(2)3)15-7-5-4-6-8-15/h4-8,17H,9-14H2,1-3H3. The fraction of sp³-hybridized carbons (Fsp3) is 0.625. The first-order valence-corrected chi connectivity index (χ1v) is 7.29. The third kappa shape index (κ3) is 3.16. The van der Waals surface area contributed by atoms with Gasteiger partial charge in [0.2, 0.25) is 0 Å². The predicted molar refractivity (Wildman–Crippen MR) is 81.4 cm³/mol. The third-order valence-electron chi connectivity index (χ3n) is 4.53. The molecule has 0 unspecified atom stereocenters. The molecule has 3 nitrogen and oxygen atoms in total. The van der Waals surface area contributed by atoms with Crippen molar-refractivity contribution in [3.63, 3.8) is 0 Å². The molecule has 1 saturated heterocycles. The SMILES string of the molecule is CNCCN1CCC(c2ccccc2)(N(C)C)CC1. The lowest BCUT2D eigenvalue weighted by molar-refractivity contribution is 0.0545. The number of nitrogens with zero attached hydrogens (tertiary/aromatic N) is 2. The van der Waals surface area contributed by atoms with Crippen LogP contribution in [0.1, 0.15) is 18.4 Å². The smallest absolute Gasteiger partial charge is 0.0479 e. The summed E-state index contributed by atoms with van der Waals surface area (Å²) in [6, 6.07) is 11.0. The van der Waals surface area contributed by atoms with Crippen molar-refractivity contribution in [2.75, 3.05) is 47.3 Å². The van der Waals surface area contributed by atoms with Crippen LogP contribution in [0.3, 0.4) is 0 Å². The predicted octanol–water partition coefficient (Wildman–Crippen LogP) is 1.76. The molecule has 106 valence electrons. The van der Waals surface area contributed by atoms with Gasteiger partial charge in [-0.05, 0) is 39.5 Å². The Morgan fingerprint density at radius 2 is 1.79 bits per heavy atom. The second-order valence-corrected chi connectivity index (χ2v) is 5.74. The molecule has 0 bridgehead atoms. The molecule has 0 atom stereocenters. The van der Waals surface area contributed by atoms with E-state index in [9.17, 15) is 0 Å². The van der Waals surface area contributed by atoms with Gasteiger partial charge in [-0.25, -0.2) is 0 Å². The zero-order valence-corrected chi connectivity index (χ0v) is 12.5. The van der Waals surface area contributed by atoms with Crippen molar-refractivity contribution in [1.82, 2.24) is 15.1 Å². The number of nitrogens with one attached hydrogen (secondary N) is 1. The van der Waals surface area contributed by atoms with Crippen LogP contribution in [0.2, 0.25) is 0 Å². The van der Waals surface area contributed by atoms with Gasteiger partial charge in [0.1, 0.15) is 0 Å². The molecular formula is C16H27N3. The number of likely N-dealkylation sites (N-methyl/N-ethyl adjacent to an activating group) is 1. The highest BCUT2D eigenvalue weighted by Crippen LogP contribution is 2.36. The molecule has 1 aliphatic rings. The Morgan fingerprint density at radius 3 is 2.32 bits per heavy atom. The van der Waals surface area contributed by atoms with Crippen LogP contribution in [0, 0.1) is 0 Å². The molecule has 1 fully saturated rings. The van der Waals surface area contributed by atoms with E-state index in [4.69, 9.17) is 0 Å². The normalized spacial score (nSPS) is 19.8. The van der Waals surface area contributed by atoms with Gasteiger partial charge in [0, 0.05) is 31.7 Å². The number of likely N-dealkylation sites (tertiary alicyclic amines) is 1. The fourth-order valence-corrected chi connectivity index (χ4v) is 3.16. The monoisotopic (exact) mass is 261 g/mol. The molecule has 0 saturated carbocycles. The molecule has 0 amide bonds. The molecule has 1 heterocycles. The number of rotatable bonds is 5. The molecule has 0 aliphatic carbocycles. The zero-order valence-electron chi connectivity index (χ0n) is 12.5. The van der Waals surface area contributed by atoms with Gasteiger partial charge in [0.15, 0.2) is 0 Å². The Bertz CT molecular complexity index is 367. The van der Waals surface area contributed by atoms with Crippen molar-refractivity contribution >= 4 is 0 Å². The van der Waals surface area contributed by atoms with E-state index in [0.29, 0.717) is 0 Å². The van der Waals surface area contributed by atoms with E-state index in [-0.39, 0.29) is 5.54 Å². The molecule has 1 aliphatic heterocycles. The summed E-state index contributed by atoms with van der Waals surface area (Å²) in [6.45, 7) is 4.62. The molecule has 1 aromatic rings. The molecule has 1 N–H and O–H groups in total. The van der Waals surface area contributed by atoms with Crippen molar-refractivity contribution in [2.45, 2.75) is 18.4 Å². The van der Waals surface area contributed by atoms with Gasteiger partial charge in [-0.1, -0.05) is 30.3 Å². The van der Waals surface area contributed by atoms with E-state index < -0.39 is 0 Å². The van der Waals surface area contributed by atoms with Crippen LogP contribution in [0.5, 0.6) is 0 Å². The largest absolute Gasteiger partial charge is 0.318 e. The summed E-state index contributed by atoms with van der Waals surface area (Å²) in [4.78, 5) is 4.99. The Hall–Kier alpha value is -0.900. The first-order valence-electron chi connectivity index (χ1n) is 7.29. The van der Waals surface area contributed by atoms with E-state index in [0.717, 1.165) is 13.1 Å². The van der Waals surface area contributed by atoms with Crippen LogP contribution in [0.4, 0.5) is 0 Å². The summed E-state index contributed by atoms with van der Waals surface area (Å²) in [6.07, 6.45) is 2.43. The van der Waals surface area contributed by atoms with Crippen molar-refractivity contribution < 1.29 is 0 Å². The van der Waals surface area contributed by atoms with Crippen molar-refractivity contribution in [3.8, 4) is 0 Å². The Labute approximate surface area is 117 Å². The highest BCUT2D eigenvalue weighted by Gasteiger charge is 2.37. The minimum absolute atomic E-state index is 0.220. The van der Waals surface area contributed by atoms with Gasteiger partial charge < -0.3 is 10.2 Å². The second kappa shape index (κ2) is 6.51. The maximum Gasteiger partial charge on any atom is 0.0479 e. The Balaban J connectivity index is 2.08. The van der Waals surface area contributed by atoms with Gasteiger partial charge in [-0.3, -0.25) is 4.90 Å². The number of piperidine rings is 1. The number of benzene rings is 1. The highest BCUT2D eigenvalue weighted by atomic mass is 15.2. The lowest BCUT2D eigenvalue weighted by atomic mass is 9.80. The molecular weight excluding hydrogens is 234 g/mol. The summed E-state index contributed by atoms with van der Waals surface area (Å²) < 4.78 is 0. The summed E-state index contributed by atoms with van der Waals surface area (Å²) in [5, 5.41) is 3.24. The molecule has 3 heteroatoms. The van der Waals surface area contributed by atoms with Gasteiger partial charge in [0.05, 0.1) is 0 Å². The van der Waals surface area contributed by atoms with E-state index in [1.165, 1.54) is 31.5 Å². The minimum atomic E-state index is 0.220. The molecule has 19 heavy (non-hydrogen) atoms. The van der Waals surface area contributed by atoms with E-state index in [2.05, 4.69) is 59.5 Å². The zero-order chi connectivity index (χ0) is 13.7. The van der Waals surface area contributed by atoms with Crippen LogP contribution in [-0.2, 0) is 5.54 Å². The van der Waals surface area contributed by atoms with Gasteiger partial charge in [-0.15, -0.1) is 0 Å². The Morgan fingerprint density at radius 1 is 1.16 bits per heavy atom. The molecule has 0 spiro atoms. The van der Waals surface area contributed by atoms with Crippen LogP contribution >= 0.6 is 0 Å². The molecule has 0 radical (unpaired) electrons. The first-order chi connectivity index (χ1) is 9.19. The molecule has 1 aromatic carbocycles. The maximum absolute atomic E-state index is 3.24. The van der Waals surface area contributed by atoms with E-state index in [1.807, 2.05) is 7.05 Å². The average molecular weight is 261 g/mol. The quantitative estimate of drug-likeness (QED) is 0.871. The van der Waals surface area contributed by atoms with Crippen LogP contribution in [0.15, 0.2) is 30.3 Å². The summed E-state index contributed by atoms with van der Waals surface area (Å²) in [5.74, 6) is 0. The van der Waals surface area contributed by atoms with E-state index in [1.54, 1.807) is 0 Å². The number of hydrogen-bond acceptors (Lipinski definition) is 3. The Kier molecular flexibility index (Phi) is 4.97. The van der Waals surface area contributed by atoms with Crippen LogP contribution in [-0.4, -0.2) is 57.1 Å². The van der Waals surface area contributed by atoms with Gasteiger partial charge in [-0.2, -0.15) is 0 Å². The first kappa shape index (κ1) is 14.5. The topological polar surface area (TPSA) is 18.5 Å². The third-order valence-corrected chi connectivity index (χ3v) is 4.53. The maximum atomic E-state index is 3.24. The molecule has 2 rings (SSSR count). The van der Waals surface area contributed by atoms with Crippen LogP contribution < -0.4 is 5.32 Å². The highest BCUT2D eigenvalue weighted by molar-refractivity contribution is 5.25. The fourth-order valence-electron chi connectivity index (χ4n) is 3.16. The van der Waals surface area contributed by atoms with Gasteiger partial charge in [0.25, 0.3) is 0 Å².